The van der Waals surface area contributed by atoms with Crippen LogP contribution in [0, 0.1) is 0 Å². The summed E-state index contributed by atoms with van der Waals surface area (Å²) in [5.41, 5.74) is 1.69. The molecule has 1 atom stereocenters. The number of carbonyl (C=O) groups excluding carboxylic acids is 1. The Hall–Kier alpha value is -4.29. The van der Waals surface area contributed by atoms with Crippen molar-refractivity contribution in [1.29, 1.82) is 0 Å². The van der Waals surface area contributed by atoms with Gasteiger partial charge in [0.2, 0.25) is 10.0 Å². The predicted molar refractivity (Wildman–Crippen MR) is 143 cm³/mol. The highest BCUT2D eigenvalue weighted by molar-refractivity contribution is 7.88. The second kappa shape index (κ2) is 12.3. The number of nitrogens with one attached hydrogen (secondary N) is 3. The van der Waals surface area contributed by atoms with Crippen molar-refractivity contribution in [2.75, 3.05) is 18.4 Å². The van der Waals surface area contributed by atoms with Crippen molar-refractivity contribution in [2.24, 2.45) is 0 Å². The van der Waals surface area contributed by atoms with Crippen LogP contribution in [0.2, 0.25) is 0 Å². The lowest BCUT2D eigenvalue weighted by atomic mass is 10.1. The number of aromatic nitrogens is 3. The van der Waals surface area contributed by atoms with Gasteiger partial charge in [0.15, 0.2) is 0 Å². The monoisotopic (exact) mass is 536 g/mol. The van der Waals surface area contributed by atoms with E-state index < -0.39 is 34.5 Å². The number of hydrogen-bond donors (Lipinski definition) is 4. The van der Waals surface area contributed by atoms with Gasteiger partial charge in [0.1, 0.15) is 11.9 Å². The molecule has 0 aliphatic carbocycles. The number of aryl methyl sites for hydroxylation is 1. The number of anilines is 1. The van der Waals surface area contributed by atoms with Crippen LogP contribution in [0.5, 0.6) is 0 Å². The van der Waals surface area contributed by atoms with E-state index in [1.807, 2.05) is 22.9 Å². The normalized spacial score (nSPS) is 12.2. The molecular weight excluding hydrogens is 508 g/mol. The molecule has 0 radical (unpaired) electrons. The van der Waals surface area contributed by atoms with E-state index in [2.05, 4.69) is 25.4 Å². The number of nitrogens with zero attached hydrogens (tertiary/aromatic N) is 3. The molecule has 0 spiro atoms. The molecule has 38 heavy (non-hydrogen) atoms. The maximum atomic E-state index is 12.7. The summed E-state index contributed by atoms with van der Waals surface area (Å²) in [7, 11) is -3.94. The van der Waals surface area contributed by atoms with Crippen LogP contribution >= 0.6 is 0 Å². The van der Waals surface area contributed by atoms with Gasteiger partial charge in [-0.25, -0.2) is 13.4 Å². The molecule has 4 aromatic rings. The smallest absolute Gasteiger partial charge is 0.323 e. The summed E-state index contributed by atoms with van der Waals surface area (Å²) in [5.74, 6) is -1.47. The summed E-state index contributed by atoms with van der Waals surface area (Å²) >= 11 is 0. The average Bonchev–Trinajstić information content (AvgIpc) is 3.31. The van der Waals surface area contributed by atoms with Gasteiger partial charge >= 0.3 is 5.97 Å². The highest BCUT2D eigenvalue weighted by Gasteiger charge is 2.25. The summed E-state index contributed by atoms with van der Waals surface area (Å²) in [6, 6.07) is 17.6. The molecule has 0 saturated carbocycles. The Kier molecular flexibility index (Phi) is 8.66. The van der Waals surface area contributed by atoms with Crippen LogP contribution in [0.15, 0.2) is 79.1 Å². The van der Waals surface area contributed by atoms with Gasteiger partial charge in [-0.3, -0.25) is 14.3 Å². The minimum atomic E-state index is -3.94. The van der Waals surface area contributed by atoms with Crippen molar-refractivity contribution in [3.8, 4) is 0 Å². The van der Waals surface area contributed by atoms with Crippen LogP contribution in [0.4, 0.5) is 5.82 Å². The number of hydrogen-bond acceptors (Lipinski definition) is 7. The molecule has 2 aromatic carbocycles. The Morgan fingerprint density at radius 3 is 2.55 bits per heavy atom. The quantitative estimate of drug-likeness (QED) is 0.190. The van der Waals surface area contributed by atoms with Crippen molar-refractivity contribution in [3.63, 3.8) is 0 Å². The van der Waals surface area contributed by atoms with Crippen LogP contribution < -0.4 is 15.4 Å². The van der Waals surface area contributed by atoms with E-state index in [-0.39, 0.29) is 5.75 Å². The van der Waals surface area contributed by atoms with Crippen molar-refractivity contribution < 1.29 is 23.1 Å². The Morgan fingerprint density at radius 1 is 1.03 bits per heavy atom. The maximum absolute atomic E-state index is 12.7. The topological polar surface area (TPSA) is 155 Å². The first-order valence-electron chi connectivity index (χ1n) is 12.0. The number of aliphatic carboxylic acids is 1. The molecule has 2 aromatic heterocycles. The van der Waals surface area contributed by atoms with E-state index in [1.165, 1.54) is 0 Å². The van der Waals surface area contributed by atoms with Crippen LogP contribution in [-0.2, 0) is 27.1 Å². The highest BCUT2D eigenvalue weighted by Crippen LogP contribution is 2.16. The van der Waals surface area contributed by atoms with E-state index in [0.717, 1.165) is 29.7 Å². The number of fused-ring (bicyclic) bond motifs is 1. The number of benzene rings is 2. The molecule has 4 N–H and O–H groups in total. The zero-order chi connectivity index (χ0) is 27.0. The molecule has 12 heteroatoms. The highest BCUT2D eigenvalue weighted by atomic mass is 32.2. The van der Waals surface area contributed by atoms with Crippen LogP contribution in [0.3, 0.4) is 0 Å². The Morgan fingerprint density at radius 2 is 1.82 bits per heavy atom. The van der Waals surface area contributed by atoms with Crippen LogP contribution in [0.25, 0.3) is 10.9 Å². The summed E-state index contributed by atoms with van der Waals surface area (Å²) in [6.45, 7) is 0.972. The molecule has 2 heterocycles. The first-order valence-corrected chi connectivity index (χ1v) is 13.6. The maximum Gasteiger partial charge on any atom is 0.323 e. The third kappa shape index (κ3) is 7.37. The molecule has 0 saturated heterocycles. The molecule has 4 rings (SSSR count). The largest absolute Gasteiger partial charge is 0.480 e. The summed E-state index contributed by atoms with van der Waals surface area (Å²) < 4.78 is 28.9. The minimum absolute atomic E-state index is 0.310. The van der Waals surface area contributed by atoms with E-state index in [9.17, 15) is 23.1 Å². The Balaban J connectivity index is 1.31. The minimum Gasteiger partial charge on any atom is -0.480 e. The molecular formula is C26H28N6O5S. The van der Waals surface area contributed by atoms with Crippen molar-refractivity contribution >= 4 is 38.6 Å². The summed E-state index contributed by atoms with van der Waals surface area (Å²) in [6.07, 6.45) is 4.20. The van der Waals surface area contributed by atoms with Crippen molar-refractivity contribution in [1.82, 2.24) is 24.8 Å². The van der Waals surface area contributed by atoms with Gasteiger partial charge in [-0.15, -0.1) is 0 Å². The molecule has 0 aliphatic heterocycles. The number of carboxylic acids is 1. The van der Waals surface area contributed by atoms with Crippen molar-refractivity contribution in [2.45, 2.75) is 24.8 Å². The lowest BCUT2D eigenvalue weighted by Crippen LogP contribution is -2.48. The van der Waals surface area contributed by atoms with E-state index in [1.54, 1.807) is 60.9 Å². The van der Waals surface area contributed by atoms with Gasteiger partial charge < -0.3 is 15.7 Å². The Labute approximate surface area is 220 Å². The van der Waals surface area contributed by atoms with Gasteiger partial charge in [0, 0.05) is 36.8 Å². The number of carbonyl (C=O) groups is 2. The lowest BCUT2D eigenvalue weighted by molar-refractivity contribution is -0.138. The van der Waals surface area contributed by atoms with E-state index >= 15 is 0 Å². The molecule has 198 valence electrons. The van der Waals surface area contributed by atoms with Crippen molar-refractivity contribution in [3.05, 3.63) is 90.3 Å². The van der Waals surface area contributed by atoms with Gasteiger partial charge in [-0.1, -0.05) is 36.4 Å². The SMILES string of the molecule is O=C(NC[C@H](NS(=O)(=O)Cc1ccccc1)C(=O)O)c1ccc2c(cnn2CCCNc2ccccn2)c1. The summed E-state index contributed by atoms with van der Waals surface area (Å²) in [4.78, 5) is 28.6. The second-order valence-corrected chi connectivity index (χ2v) is 10.4. The predicted octanol–water partition coefficient (Wildman–Crippen LogP) is 2.24. The Bertz CT molecular complexity index is 1490. The summed E-state index contributed by atoms with van der Waals surface area (Å²) in [5, 5.41) is 20.4. The molecule has 11 nitrogen and oxygen atoms in total. The van der Waals surface area contributed by atoms with Gasteiger partial charge in [0.25, 0.3) is 5.91 Å². The third-order valence-electron chi connectivity index (χ3n) is 5.71. The fraction of sp³-hybridized carbons (Fsp3) is 0.231. The zero-order valence-electron chi connectivity index (χ0n) is 20.4. The zero-order valence-corrected chi connectivity index (χ0v) is 21.3. The molecule has 0 unspecified atom stereocenters. The fourth-order valence-electron chi connectivity index (χ4n) is 3.85. The number of pyridine rings is 1. The number of carboxylic acid groups (broad SMARTS) is 1. The molecule has 1 amide bonds. The van der Waals surface area contributed by atoms with E-state index in [4.69, 9.17) is 0 Å². The number of sulfonamides is 1. The molecule has 0 fully saturated rings. The first-order chi connectivity index (χ1) is 18.3. The number of rotatable bonds is 13. The standard InChI is InChI=1S/C26H28N6O5S/c33-25(29-17-22(26(34)35)31-38(36,37)18-19-7-2-1-3-8-19)20-10-11-23-21(15-20)16-30-32(23)14-6-13-28-24-9-4-5-12-27-24/h1-5,7-12,15-16,22,31H,6,13-14,17-18H2,(H,27,28)(H,29,33)(H,34,35)/t22-/m0/s1. The lowest BCUT2D eigenvalue weighted by Gasteiger charge is -2.16. The van der Waals surface area contributed by atoms with Crippen LogP contribution in [-0.4, -0.2) is 59.3 Å². The first kappa shape index (κ1) is 26.8. The number of amides is 1. The van der Waals surface area contributed by atoms with Crippen LogP contribution in [0.1, 0.15) is 22.3 Å². The average molecular weight is 537 g/mol. The fourth-order valence-corrected chi connectivity index (χ4v) is 5.18. The molecule has 0 aliphatic rings. The van der Waals surface area contributed by atoms with E-state index in [0.29, 0.717) is 17.7 Å². The second-order valence-electron chi connectivity index (χ2n) is 8.60. The third-order valence-corrected chi connectivity index (χ3v) is 7.06. The van der Waals surface area contributed by atoms with Gasteiger partial charge in [-0.2, -0.15) is 9.82 Å². The molecule has 0 bridgehead atoms. The van der Waals surface area contributed by atoms with Gasteiger partial charge in [-0.05, 0) is 42.3 Å². The van der Waals surface area contributed by atoms with Gasteiger partial charge in [0.05, 0.1) is 17.5 Å².